The predicted octanol–water partition coefficient (Wildman–Crippen LogP) is 2.50. The van der Waals surface area contributed by atoms with Crippen molar-refractivity contribution in [1.82, 2.24) is 15.3 Å². The number of carbonyl (C=O) groups excluding carboxylic acids is 1. The number of benzene rings is 1. The summed E-state index contributed by atoms with van der Waals surface area (Å²) in [7, 11) is 0. The molecular weight excluding hydrogens is 440 g/mol. The van der Waals surface area contributed by atoms with Gasteiger partial charge in [0.1, 0.15) is 0 Å². The van der Waals surface area contributed by atoms with E-state index >= 15 is 0 Å². The van der Waals surface area contributed by atoms with Gasteiger partial charge in [-0.25, -0.2) is 4.98 Å². The van der Waals surface area contributed by atoms with E-state index in [9.17, 15) is 9.59 Å². The Morgan fingerprint density at radius 1 is 1.33 bits per heavy atom. The Hall–Kier alpha value is -1.67. The van der Waals surface area contributed by atoms with E-state index in [4.69, 9.17) is 5.73 Å². The van der Waals surface area contributed by atoms with Gasteiger partial charge in [-0.05, 0) is 37.5 Å². The molecule has 0 aliphatic rings. The number of carbonyl (C=O) groups is 1. The van der Waals surface area contributed by atoms with Crippen LogP contribution in [-0.4, -0.2) is 22.4 Å². The molecule has 1 aromatic heterocycles. The van der Waals surface area contributed by atoms with Crippen LogP contribution in [0.15, 0.2) is 29.1 Å². The molecule has 0 radical (unpaired) electrons. The maximum absolute atomic E-state index is 12.0. The highest BCUT2D eigenvalue weighted by Crippen LogP contribution is 2.08. The zero-order chi connectivity index (χ0) is 16.8. The van der Waals surface area contributed by atoms with Gasteiger partial charge >= 0.3 is 0 Å². The summed E-state index contributed by atoms with van der Waals surface area (Å²) < 4.78 is 0. The van der Waals surface area contributed by atoms with Crippen molar-refractivity contribution in [1.29, 1.82) is 0 Å². The molecule has 2 rings (SSSR count). The highest BCUT2D eigenvalue weighted by atomic mass is 79.9. The van der Waals surface area contributed by atoms with Gasteiger partial charge in [-0.2, -0.15) is 0 Å². The lowest BCUT2D eigenvalue weighted by Gasteiger charge is -2.07. The molecule has 24 heavy (non-hydrogen) atoms. The van der Waals surface area contributed by atoms with Crippen LogP contribution in [0.1, 0.15) is 33.6 Å². The Labute approximate surface area is 159 Å². The first kappa shape index (κ1) is 20.4. The van der Waals surface area contributed by atoms with Crippen molar-refractivity contribution in [3.63, 3.8) is 0 Å². The molecule has 2 aromatic rings. The molecule has 0 aliphatic carbocycles. The van der Waals surface area contributed by atoms with E-state index in [1.807, 2.05) is 12.1 Å². The molecule has 1 heterocycles. The molecule has 1 aromatic carbocycles. The third kappa shape index (κ3) is 5.45. The molecule has 130 valence electrons. The Morgan fingerprint density at radius 2 is 2.00 bits per heavy atom. The summed E-state index contributed by atoms with van der Waals surface area (Å²) in [5.74, 6) is 0.00339. The first-order valence-corrected chi connectivity index (χ1v) is 8.41. The van der Waals surface area contributed by atoms with E-state index in [2.05, 4.69) is 31.2 Å². The van der Waals surface area contributed by atoms with Crippen LogP contribution in [0.2, 0.25) is 0 Å². The SMILES string of the molecule is Br.Cc1nc(N)[nH]c(=O)c1CCCNC(=O)c1ccc(CBr)cc1. The quantitative estimate of drug-likeness (QED) is 0.456. The zero-order valence-corrected chi connectivity index (χ0v) is 16.6. The number of amides is 1. The molecule has 0 bridgehead atoms. The van der Waals surface area contributed by atoms with Crippen LogP contribution in [0.3, 0.4) is 0 Å². The minimum atomic E-state index is -0.216. The highest BCUT2D eigenvalue weighted by molar-refractivity contribution is 9.08. The van der Waals surface area contributed by atoms with Gasteiger partial charge in [0, 0.05) is 28.7 Å². The number of nitrogens with zero attached hydrogens (tertiary/aromatic N) is 1. The molecule has 6 nitrogen and oxygen atoms in total. The fourth-order valence-corrected chi connectivity index (χ4v) is 2.61. The summed E-state index contributed by atoms with van der Waals surface area (Å²) in [5.41, 5.74) is 8.24. The second-order valence-electron chi connectivity index (χ2n) is 5.21. The van der Waals surface area contributed by atoms with Crippen LogP contribution in [-0.2, 0) is 11.8 Å². The summed E-state index contributed by atoms with van der Waals surface area (Å²) in [6.07, 6.45) is 1.19. The monoisotopic (exact) mass is 458 g/mol. The Bertz CT molecular complexity index is 745. The minimum absolute atomic E-state index is 0. The fraction of sp³-hybridized carbons (Fsp3) is 0.312. The molecule has 1 amide bonds. The highest BCUT2D eigenvalue weighted by Gasteiger charge is 2.08. The lowest BCUT2D eigenvalue weighted by molar-refractivity contribution is 0.0953. The van der Waals surface area contributed by atoms with Crippen molar-refractivity contribution in [2.24, 2.45) is 0 Å². The van der Waals surface area contributed by atoms with Gasteiger partial charge in [0.25, 0.3) is 11.5 Å². The van der Waals surface area contributed by atoms with Crippen LogP contribution in [0.4, 0.5) is 5.95 Å². The van der Waals surface area contributed by atoms with Crippen molar-refractivity contribution in [3.05, 3.63) is 57.0 Å². The summed E-state index contributed by atoms with van der Waals surface area (Å²) in [4.78, 5) is 30.3. The second kappa shape index (κ2) is 9.58. The molecule has 0 atom stereocenters. The fourth-order valence-electron chi connectivity index (χ4n) is 2.24. The van der Waals surface area contributed by atoms with Crippen molar-refractivity contribution in [3.8, 4) is 0 Å². The van der Waals surface area contributed by atoms with Crippen LogP contribution < -0.4 is 16.6 Å². The molecular formula is C16H20Br2N4O2. The number of aromatic nitrogens is 2. The van der Waals surface area contributed by atoms with E-state index in [0.717, 1.165) is 10.9 Å². The smallest absolute Gasteiger partial charge is 0.255 e. The van der Waals surface area contributed by atoms with Gasteiger partial charge in [-0.15, -0.1) is 17.0 Å². The summed E-state index contributed by atoms with van der Waals surface area (Å²) in [6, 6.07) is 7.41. The lowest BCUT2D eigenvalue weighted by atomic mass is 10.1. The van der Waals surface area contributed by atoms with Gasteiger partial charge in [-0.1, -0.05) is 28.1 Å². The number of aromatic amines is 1. The Balaban J connectivity index is 0.00000288. The molecule has 0 spiro atoms. The topological polar surface area (TPSA) is 101 Å². The van der Waals surface area contributed by atoms with E-state index in [1.54, 1.807) is 19.1 Å². The van der Waals surface area contributed by atoms with E-state index in [0.29, 0.717) is 36.2 Å². The maximum atomic E-state index is 12.0. The molecule has 0 fully saturated rings. The Kier molecular flexibility index (Phi) is 8.14. The van der Waals surface area contributed by atoms with Crippen molar-refractivity contribution < 1.29 is 4.79 Å². The average Bonchev–Trinajstić information content (AvgIpc) is 2.53. The van der Waals surface area contributed by atoms with Crippen LogP contribution in [0, 0.1) is 6.92 Å². The summed E-state index contributed by atoms with van der Waals surface area (Å²) in [5, 5.41) is 3.61. The first-order chi connectivity index (χ1) is 11.0. The van der Waals surface area contributed by atoms with Crippen LogP contribution in [0.5, 0.6) is 0 Å². The second-order valence-corrected chi connectivity index (χ2v) is 5.77. The number of rotatable bonds is 6. The van der Waals surface area contributed by atoms with Crippen LogP contribution >= 0.6 is 32.9 Å². The predicted molar refractivity (Wildman–Crippen MR) is 104 cm³/mol. The third-order valence-electron chi connectivity index (χ3n) is 3.50. The molecule has 0 saturated heterocycles. The number of hydrogen-bond donors (Lipinski definition) is 3. The third-order valence-corrected chi connectivity index (χ3v) is 4.15. The average molecular weight is 460 g/mol. The number of H-pyrrole nitrogens is 1. The number of nitrogens with one attached hydrogen (secondary N) is 2. The van der Waals surface area contributed by atoms with Crippen molar-refractivity contribution in [2.45, 2.75) is 25.1 Å². The number of halogens is 2. The summed E-state index contributed by atoms with van der Waals surface area (Å²) in [6.45, 7) is 2.24. The van der Waals surface area contributed by atoms with Crippen molar-refractivity contribution in [2.75, 3.05) is 12.3 Å². The van der Waals surface area contributed by atoms with Gasteiger partial charge in [0.2, 0.25) is 5.95 Å². The maximum Gasteiger partial charge on any atom is 0.255 e. The van der Waals surface area contributed by atoms with Crippen LogP contribution in [0.25, 0.3) is 0 Å². The molecule has 8 heteroatoms. The van der Waals surface area contributed by atoms with Gasteiger partial charge in [0.15, 0.2) is 0 Å². The standard InChI is InChI=1S/C16H19BrN4O2.BrH/c1-10-13(15(23)21-16(18)20-10)3-2-8-19-14(22)12-6-4-11(9-17)5-7-12;/h4-7H,2-3,8-9H2,1H3,(H,19,22)(H3,18,20,21,23);1H. The minimum Gasteiger partial charge on any atom is -0.369 e. The number of nitrogen functional groups attached to an aromatic ring is 1. The number of nitrogens with two attached hydrogens (primary N) is 1. The molecule has 0 aliphatic heterocycles. The Morgan fingerprint density at radius 3 is 2.58 bits per heavy atom. The number of anilines is 1. The van der Waals surface area contributed by atoms with Gasteiger partial charge in [0.05, 0.1) is 0 Å². The normalized spacial score (nSPS) is 10.1. The lowest BCUT2D eigenvalue weighted by Crippen LogP contribution is -2.26. The number of hydrogen-bond acceptors (Lipinski definition) is 4. The van der Waals surface area contributed by atoms with E-state index in [-0.39, 0.29) is 34.4 Å². The van der Waals surface area contributed by atoms with E-state index in [1.165, 1.54) is 0 Å². The van der Waals surface area contributed by atoms with Crippen molar-refractivity contribution >= 4 is 44.8 Å². The van der Waals surface area contributed by atoms with Gasteiger partial charge < -0.3 is 11.1 Å². The zero-order valence-electron chi connectivity index (χ0n) is 13.3. The summed E-state index contributed by atoms with van der Waals surface area (Å²) >= 11 is 3.37. The largest absolute Gasteiger partial charge is 0.369 e. The van der Waals surface area contributed by atoms with Gasteiger partial charge in [-0.3, -0.25) is 14.6 Å². The molecule has 4 N–H and O–H groups in total. The van der Waals surface area contributed by atoms with E-state index < -0.39 is 0 Å². The molecule has 0 saturated carbocycles. The first-order valence-electron chi connectivity index (χ1n) is 7.29. The number of aryl methyl sites for hydroxylation is 1. The molecule has 0 unspecified atom stereocenters. The number of alkyl halides is 1.